The molecule has 12 heteroatoms. The van der Waals surface area contributed by atoms with Gasteiger partial charge < -0.3 is 15.2 Å². The molecule has 0 spiro atoms. The number of benzene rings is 4. The third-order valence-corrected chi connectivity index (χ3v) is 10.9. The number of nitrogens with two attached hydrogens (primary N) is 1. The minimum absolute atomic E-state index is 0.137. The number of thioether (sulfide) groups is 2. The molecule has 0 radical (unpaired) electrons. The van der Waals surface area contributed by atoms with Crippen LogP contribution in [-0.4, -0.2) is 54.5 Å². The van der Waals surface area contributed by atoms with Crippen molar-refractivity contribution >= 4 is 35.4 Å². The number of β-lactam (4-membered cyclic amide) rings is 1. The van der Waals surface area contributed by atoms with Crippen LogP contribution in [0.1, 0.15) is 34.5 Å². The molecular weight excluding hydrogens is 671 g/mol. The smallest absolute Gasteiger partial charge is 0.356 e. The number of carbonyl (C=O) groups excluding carboxylic acids is 2. The number of rotatable bonds is 11. The minimum atomic E-state index is -0.703. The largest absolute Gasteiger partial charge is 0.460 e. The summed E-state index contributed by atoms with van der Waals surface area (Å²) in [5.41, 5.74) is 9.68. The lowest BCUT2D eigenvalue weighted by Crippen LogP contribution is -2.68. The molecule has 50 heavy (non-hydrogen) atoms. The normalized spacial score (nSPS) is 17.0. The molecule has 7 rings (SSSR count). The van der Waals surface area contributed by atoms with Crippen molar-refractivity contribution in [1.29, 1.82) is 0 Å². The molecule has 1 fully saturated rings. The molecule has 1 saturated heterocycles. The van der Waals surface area contributed by atoms with Crippen molar-refractivity contribution in [3.8, 4) is 5.88 Å². The molecule has 252 valence electrons. The van der Waals surface area contributed by atoms with Gasteiger partial charge in [-0.15, -0.1) is 16.9 Å². The lowest BCUT2D eigenvalue weighted by molar-refractivity contribution is -0.153. The summed E-state index contributed by atoms with van der Waals surface area (Å²) in [6.45, 7) is 0. The summed E-state index contributed by atoms with van der Waals surface area (Å²) in [4.78, 5) is 46.2. The van der Waals surface area contributed by atoms with Gasteiger partial charge in [0.2, 0.25) is 5.91 Å². The van der Waals surface area contributed by atoms with E-state index in [0.717, 1.165) is 22.3 Å². The molecule has 10 nitrogen and oxygen atoms in total. The Morgan fingerprint density at radius 2 is 1.34 bits per heavy atom. The Labute approximate surface area is 297 Å². The maximum atomic E-state index is 14.1. The quantitative estimate of drug-likeness (QED) is 0.110. The van der Waals surface area contributed by atoms with E-state index in [9.17, 15) is 14.4 Å². The highest BCUT2D eigenvalue weighted by Gasteiger charge is 2.52. The maximum Gasteiger partial charge on any atom is 0.356 e. The van der Waals surface area contributed by atoms with E-state index < -0.39 is 29.8 Å². The zero-order valence-corrected chi connectivity index (χ0v) is 28.6. The standard InChI is InChI=1S/C38H33N5O5S2/c1-42-38(40-33(44)34(41-42)47-31(24-14-6-2-7-15-24)25-16-8-3-9-17-25)50-23-28-22-49-36-29(39)35(45)43(36)30(28)37(46)48-32(26-18-10-4-11-19-26)27-20-12-5-13-21-27/h2-21,29,31-32,36H,22-23,39H2,1H3/t29?,36-/m1/s1. The Kier molecular flexibility index (Phi) is 9.83. The van der Waals surface area contributed by atoms with Crippen molar-refractivity contribution in [1.82, 2.24) is 19.7 Å². The van der Waals surface area contributed by atoms with Crippen LogP contribution in [0.2, 0.25) is 0 Å². The van der Waals surface area contributed by atoms with Crippen LogP contribution in [0.5, 0.6) is 5.88 Å². The summed E-state index contributed by atoms with van der Waals surface area (Å²) in [5, 5.41) is 4.41. The Balaban J connectivity index is 1.16. The average molecular weight is 704 g/mol. The molecule has 2 N–H and O–H groups in total. The summed E-state index contributed by atoms with van der Waals surface area (Å²) in [5.74, 6) is -0.405. The van der Waals surface area contributed by atoms with Crippen LogP contribution in [0, 0.1) is 0 Å². The van der Waals surface area contributed by atoms with E-state index in [1.165, 1.54) is 33.1 Å². The number of hydrogen-bond acceptors (Lipinski definition) is 10. The van der Waals surface area contributed by atoms with Gasteiger partial charge in [-0.2, -0.15) is 4.98 Å². The number of carbonyl (C=O) groups is 2. The van der Waals surface area contributed by atoms with Gasteiger partial charge in [0.05, 0.1) is 0 Å². The molecule has 5 aromatic rings. The van der Waals surface area contributed by atoms with Gasteiger partial charge in [0.15, 0.2) is 17.4 Å². The van der Waals surface area contributed by atoms with Crippen molar-refractivity contribution in [2.45, 2.75) is 28.8 Å². The number of aromatic nitrogens is 3. The van der Waals surface area contributed by atoms with E-state index >= 15 is 0 Å². The predicted octanol–water partition coefficient (Wildman–Crippen LogP) is 5.27. The highest BCUT2D eigenvalue weighted by atomic mass is 32.2. The second kappa shape index (κ2) is 14.8. The molecule has 4 aromatic carbocycles. The van der Waals surface area contributed by atoms with Gasteiger partial charge in [-0.05, 0) is 27.8 Å². The number of ether oxygens (including phenoxy) is 2. The van der Waals surface area contributed by atoms with Crippen LogP contribution >= 0.6 is 23.5 Å². The van der Waals surface area contributed by atoms with Gasteiger partial charge in [0.1, 0.15) is 17.1 Å². The lowest BCUT2D eigenvalue weighted by Gasteiger charge is -2.48. The summed E-state index contributed by atoms with van der Waals surface area (Å²) in [6.07, 6.45) is -1.26. The molecule has 0 bridgehead atoms. The van der Waals surface area contributed by atoms with Crippen LogP contribution < -0.4 is 16.0 Å². The van der Waals surface area contributed by atoms with E-state index in [4.69, 9.17) is 15.2 Å². The molecular formula is C38H33N5O5S2. The Bertz CT molecular complexity index is 2000. The zero-order chi connectivity index (χ0) is 34.6. The molecule has 1 amide bonds. The number of amides is 1. The second-order valence-electron chi connectivity index (χ2n) is 11.7. The first-order chi connectivity index (χ1) is 24.4. The van der Waals surface area contributed by atoms with Crippen molar-refractivity contribution < 1.29 is 19.1 Å². The van der Waals surface area contributed by atoms with Gasteiger partial charge in [0, 0.05) is 18.6 Å². The highest BCUT2D eigenvalue weighted by molar-refractivity contribution is 8.01. The number of fused-ring (bicyclic) bond motifs is 1. The van der Waals surface area contributed by atoms with E-state index in [1.807, 2.05) is 121 Å². The van der Waals surface area contributed by atoms with Crippen LogP contribution in [0.15, 0.2) is 143 Å². The summed E-state index contributed by atoms with van der Waals surface area (Å²) in [6, 6.07) is 37.4. The number of hydrogen-bond donors (Lipinski definition) is 1. The monoisotopic (exact) mass is 703 g/mol. The molecule has 2 aliphatic rings. The first kappa shape index (κ1) is 33.3. The topological polar surface area (TPSA) is 130 Å². The van der Waals surface area contributed by atoms with Crippen LogP contribution in [0.25, 0.3) is 0 Å². The average Bonchev–Trinajstić information content (AvgIpc) is 3.17. The van der Waals surface area contributed by atoms with Gasteiger partial charge in [-0.3, -0.25) is 14.5 Å². The minimum Gasteiger partial charge on any atom is -0.460 e. The first-order valence-electron chi connectivity index (χ1n) is 16.0. The summed E-state index contributed by atoms with van der Waals surface area (Å²) < 4.78 is 13.9. The van der Waals surface area contributed by atoms with Crippen molar-refractivity contribution in [2.75, 3.05) is 11.5 Å². The number of esters is 1. The van der Waals surface area contributed by atoms with Crippen molar-refractivity contribution in [3.63, 3.8) is 0 Å². The molecule has 3 heterocycles. The van der Waals surface area contributed by atoms with Crippen molar-refractivity contribution in [2.24, 2.45) is 12.8 Å². The van der Waals surface area contributed by atoms with Gasteiger partial charge >= 0.3 is 17.4 Å². The predicted molar refractivity (Wildman–Crippen MR) is 192 cm³/mol. The third-order valence-electron chi connectivity index (χ3n) is 8.42. The fraction of sp³-hybridized carbons (Fsp3) is 0.184. The molecule has 0 aliphatic carbocycles. The van der Waals surface area contributed by atoms with Crippen LogP contribution in [0.3, 0.4) is 0 Å². The molecule has 1 aromatic heterocycles. The second-order valence-corrected chi connectivity index (χ2v) is 13.8. The zero-order valence-electron chi connectivity index (χ0n) is 27.0. The van der Waals surface area contributed by atoms with Crippen LogP contribution in [-0.2, 0) is 21.4 Å². The molecule has 0 saturated carbocycles. The SMILES string of the molecule is Cn1nc(OC(c2ccccc2)c2ccccc2)c(=O)nc1SCC1=C(C(=O)OC(c2ccccc2)c2ccccc2)N2C(=O)C(N)[C@H]2SC1. The van der Waals surface area contributed by atoms with Gasteiger partial charge in [0.25, 0.3) is 0 Å². The van der Waals surface area contributed by atoms with E-state index in [0.29, 0.717) is 16.5 Å². The maximum absolute atomic E-state index is 14.1. The molecule has 2 atom stereocenters. The van der Waals surface area contributed by atoms with Crippen LogP contribution in [0.4, 0.5) is 0 Å². The van der Waals surface area contributed by atoms with E-state index in [2.05, 4.69) is 10.1 Å². The Morgan fingerprint density at radius 3 is 1.86 bits per heavy atom. The summed E-state index contributed by atoms with van der Waals surface area (Å²) in [7, 11) is 1.68. The lowest BCUT2D eigenvalue weighted by atomic mass is 10.0. The Morgan fingerprint density at radius 1 is 0.840 bits per heavy atom. The fourth-order valence-electron chi connectivity index (χ4n) is 5.90. The Hall–Kier alpha value is -5.17. The first-order valence-corrected chi connectivity index (χ1v) is 18.0. The van der Waals surface area contributed by atoms with E-state index in [1.54, 1.807) is 7.05 Å². The fourth-order valence-corrected chi connectivity index (χ4v) is 8.24. The highest BCUT2D eigenvalue weighted by Crippen LogP contribution is 2.42. The molecule has 2 aliphatic heterocycles. The summed E-state index contributed by atoms with van der Waals surface area (Å²) >= 11 is 2.73. The molecule has 1 unspecified atom stereocenters. The number of nitrogens with zero attached hydrogens (tertiary/aromatic N) is 4. The third kappa shape index (κ3) is 6.82. The number of aryl methyl sites for hydroxylation is 1. The van der Waals surface area contributed by atoms with Gasteiger partial charge in [-0.1, -0.05) is 133 Å². The van der Waals surface area contributed by atoms with E-state index in [-0.39, 0.29) is 28.6 Å². The van der Waals surface area contributed by atoms with Crippen molar-refractivity contribution in [3.05, 3.63) is 165 Å². The van der Waals surface area contributed by atoms with Gasteiger partial charge in [-0.25, -0.2) is 9.48 Å².